The molecule has 14 heavy (non-hydrogen) atoms. The molecule has 0 radical (unpaired) electrons. The summed E-state index contributed by atoms with van der Waals surface area (Å²) in [4.78, 5) is 10.4. The number of carbonyl (C=O) groups excluding carboxylic acids is 1. The van der Waals surface area contributed by atoms with E-state index in [0.717, 1.165) is 18.2 Å². The Morgan fingerprint density at radius 1 is 1.21 bits per heavy atom. The molecule has 0 N–H and O–H groups in total. The van der Waals surface area contributed by atoms with Crippen LogP contribution < -0.4 is 0 Å². The summed E-state index contributed by atoms with van der Waals surface area (Å²) in [6.07, 6.45) is -2.67. The van der Waals surface area contributed by atoms with E-state index in [-0.39, 0.29) is 11.1 Å². The maximum absolute atomic E-state index is 12.2. The number of hydrogen-bond donors (Lipinski definition) is 0. The molecule has 1 aromatic carbocycles. The first-order chi connectivity index (χ1) is 6.49. The van der Waals surface area contributed by atoms with Gasteiger partial charge in [-0.15, -0.1) is 0 Å². The number of halogens is 3. The van der Waals surface area contributed by atoms with Crippen LogP contribution in [0.4, 0.5) is 13.2 Å². The highest BCUT2D eigenvalue weighted by Gasteiger charge is 2.30. The first kappa shape index (κ1) is 10.5. The second-order valence-corrected chi connectivity index (χ2v) is 2.66. The third kappa shape index (κ3) is 2.02. The topological polar surface area (TPSA) is 17.1 Å². The van der Waals surface area contributed by atoms with Crippen LogP contribution in [-0.2, 0) is 6.18 Å². The molecule has 74 valence electrons. The molecule has 0 aliphatic heterocycles. The van der Waals surface area contributed by atoms with E-state index >= 15 is 0 Å². The van der Waals surface area contributed by atoms with Gasteiger partial charge in [-0.2, -0.15) is 13.2 Å². The van der Waals surface area contributed by atoms with Gasteiger partial charge in [-0.3, -0.25) is 4.79 Å². The number of hydrogen-bond acceptors (Lipinski definition) is 1. The van der Waals surface area contributed by atoms with E-state index in [9.17, 15) is 18.0 Å². The monoisotopic (exact) mass is 200 g/mol. The molecule has 0 saturated heterocycles. The maximum atomic E-state index is 12.2. The molecule has 0 saturated carbocycles. The van der Waals surface area contributed by atoms with Crippen molar-refractivity contribution >= 4 is 12.4 Å². The second kappa shape index (κ2) is 3.65. The van der Waals surface area contributed by atoms with Crippen LogP contribution in [-0.4, -0.2) is 6.29 Å². The zero-order valence-electron chi connectivity index (χ0n) is 7.14. The average molecular weight is 200 g/mol. The highest BCUT2D eigenvalue weighted by Crippen LogP contribution is 2.30. The van der Waals surface area contributed by atoms with Gasteiger partial charge in [0, 0.05) is 5.56 Å². The molecule has 0 unspecified atom stereocenters. The Labute approximate surface area is 78.9 Å². The van der Waals surface area contributed by atoms with Gasteiger partial charge in [0.2, 0.25) is 0 Å². The van der Waals surface area contributed by atoms with Crippen molar-refractivity contribution in [2.24, 2.45) is 0 Å². The summed E-state index contributed by atoms with van der Waals surface area (Å²) in [6.45, 7) is 3.34. The molecule has 0 aliphatic carbocycles. The van der Waals surface area contributed by atoms with Gasteiger partial charge in [-0.25, -0.2) is 0 Å². The summed E-state index contributed by atoms with van der Waals surface area (Å²) in [6, 6.07) is 2.90. The standard InChI is InChI=1S/C10H7F3O/c1-2-7-5-9(10(11,12)13)4-3-8(7)6-14/h2-6H,1H2. The van der Waals surface area contributed by atoms with Gasteiger partial charge in [-0.1, -0.05) is 18.7 Å². The highest BCUT2D eigenvalue weighted by molar-refractivity contribution is 5.81. The van der Waals surface area contributed by atoms with Crippen LogP contribution in [0.5, 0.6) is 0 Å². The van der Waals surface area contributed by atoms with Crippen molar-refractivity contribution in [1.82, 2.24) is 0 Å². The zero-order valence-corrected chi connectivity index (χ0v) is 7.14. The third-order valence-corrected chi connectivity index (χ3v) is 1.76. The van der Waals surface area contributed by atoms with E-state index in [1.165, 1.54) is 6.08 Å². The average Bonchev–Trinajstić information content (AvgIpc) is 2.15. The van der Waals surface area contributed by atoms with Crippen molar-refractivity contribution in [2.75, 3.05) is 0 Å². The van der Waals surface area contributed by atoms with Crippen LogP contribution >= 0.6 is 0 Å². The Morgan fingerprint density at radius 2 is 1.86 bits per heavy atom. The minimum Gasteiger partial charge on any atom is -0.298 e. The lowest BCUT2D eigenvalue weighted by Crippen LogP contribution is -2.05. The predicted octanol–water partition coefficient (Wildman–Crippen LogP) is 3.16. The summed E-state index contributed by atoms with van der Waals surface area (Å²) in [5.74, 6) is 0. The molecular weight excluding hydrogens is 193 g/mol. The van der Waals surface area contributed by atoms with Crippen molar-refractivity contribution in [2.45, 2.75) is 6.18 Å². The Bertz CT molecular complexity index is 366. The molecule has 0 aliphatic rings. The number of benzene rings is 1. The summed E-state index contributed by atoms with van der Waals surface area (Å²) < 4.78 is 36.7. The number of carbonyl (C=O) groups is 1. The zero-order chi connectivity index (χ0) is 10.8. The van der Waals surface area contributed by atoms with E-state index < -0.39 is 11.7 Å². The van der Waals surface area contributed by atoms with Gasteiger partial charge >= 0.3 is 6.18 Å². The lowest BCUT2D eigenvalue weighted by Gasteiger charge is -2.08. The molecule has 0 bridgehead atoms. The van der Waals surface area contributed by atoms with Gasteiger partial charge in [0.25, 0.3) is 0 Å². The van der Waals surface area contributed by atoms with Gasteiger partial charge in [-0.05, 0) is 17.7 Å². The van der Waals surface area contributed by atoms with Crippen molar-refractivity contribution in [3.05, 3.63) is 41.5 Å². The first-order valence-corrected chi connectivity index (χ1v) is 3.78. The molecular formula is C10H7F3O. The van der Waals surface area contributed by atoms with Crippen molar-refractivity contribution in [3.8, 4) is 0 Å². The molecule has 4 heteroatoms. The Hall–Kier alpha value is -1.58. The fraction of sp³-hybridized carbons (Fsp3) is 0.100. The molecule has 0 spiro atoms. The highest BCUT2D eigenvalue weighted by atomic mass is 19.4. The quantitative estimate of drug-likeness (QED) is 0.670. The van der Waals surface area contributed by atoms with Gasteiger partial charge in [0.1, 0.15) is 0 Å². The van der Waals surface area contributed by atoms with Crippen molar-refractivity contribution in [3.63, 3.8) is 0 Å². The lowest BCUT2D eigenvalue weighted by atomic mass is 10.0. The van der Waals surface area contributed by atoms with Crippen LogP contribution in [0.2, 0.25) is 0 Å². The number of aldehydes is 1. The van der Waals surface area contributed by atoms with E-state index in [1.807, 2.05) is 0 Å². The fourth-order valence-electron chi connectivity index (χ4n) is 1.04. The van der Waals surface area contributed by atoms with E-state index in [0.29, 0.717) is 6.29 Å². The normalized spacial score (nSPS) is 11.1. The summed E-state index contributed by atoms with van der Waals surface area (Å²) >= 11 is 0. The van der Waals surface area contributed by atoms with Crippen LogP contribution in [0.1, 0.15) is 21.5 Å². The van der Waals surface area contributed by atoms with Crippen LogP contribution in [0, 0.1) is 0 Å². The van der Waals surface area contributed by atoms with Crippen LogP contribution in [0.3, 0.4) is 0 Å². The van der Waals surface area contributed by atoms with E-state index in [4.69, 9.17) is 0 Å². The minimum absolute atomic E-state index is 0.190. The Morgan fingerprint density at radius 3 is 2.29 bits per heavy atom. The summed E-state index contributed by atoms with van der Waals surface area (Å²) in [5, 5.41) is 0. The van der Waals surface area contributed by atoms with Gasteiger partial charge < -0.3 is 0 Å². The Kier molecular flexibility index (Phi) is 2.74. The SMILES string of the molecule is C=Cc1cc(C(F)(F)F)ccc1C=O. The van der Waals surface area contributed by atoms with E-state index in [1.54, 1.807) is 0 Å². The third-order valence-electron chi connectivity index (χ3n) is 1.76. The number of alkyl halides is 3. The number of rotatable bonds is 2. The summed E-state index contributed by atoms with van der Waals surface area (Å²) in [7, 11) is 0. The minimum atomic E-state index is -4.39. The fourth-order valence-corrected chi connectivity index (χ4v) is 1.04. The molecule has 0 fully saturated rings. The predicted molar refractivity (Wildman–Crippen MR) is 46.9 cm³/mol. The maximum Gasteiger partial charge on any atom is 0.416 e. The smallest absolute Gasteiger partial charge is 0.298 e. The second-order valence-electron chi connectivity index (χ2n) is 2.66. The van der Waals surface area contributed by atoms with E-state index in [2.05, 4.69) is 6.58 Å². The lowest BCUT2D eigenvalue weighted by molar-refractivity contribution is -0.137. The van der Waals surface area contributed by atoms with Gasteiger partial charge in [0.15, 0.2) is 6.29 Å². The summed E-state index contributed by atoms with van der Waals surface area (Å²) in [5.41, 5.74) is -0.388. The van der Waals surface area contributed by atoms with Crippen LogP contribution in [0.15, 0.2) is 24.8 Å². The van der Waals surface area contributed by atoms with Crippen molar-refractivity contribution < 1.29 is 18.0 Å². The molecule has 1 rings (SSSR count). The molecule has 0 aromatic heterocycles. The molecule has 0 heterocycles. The molecule has 0 amide bonds. The van der Waals surface area contributed by atoms with Crippen molar-refractivity contribution in [1.29, 1.82) is 0 Å². The molecule has 1 aromatic rings. The Balaban J connectivity index is 3.27. The molecule has 1 nitrogen and oxygen atoms in total. The van der Waals surface area contributed by atoms with Crippen LogP contribution in [0.25, 0.3) is 6.08 Å². The largest absolute Gasteiger partial charge is 0.416 e. The molecule has 0 atom stereocenters. The first-order valence-electron chi connectivity index (χ1n) is 3.78. The van der Waals surface area contributed by atoms with Gasteiger partial charge in [0.05, 0.1) is 5.56 Å².